The molecule has 0 fully saturated rings. The molecule has 0 aliphatic rings. The molecule has 0 spiro atoms. The minimum Gasteiger partial charge on any atom is -0.260 e. The summed E-state index contributed by atoms with van der Waals surface area (Å²) in [7, 11) is -3.57. The topological polar surface area (TPSA) is 72.0 Å². The molecular weight excluding hydrogens is 374 g/mol. The van der Waals surface area contributed by atoms with Crippen molar-refractivity contribution in [3.8, 4) is 10.6 Å². The van der Waals surface area contributed by atoms with Crippen molar-refractivity contribution in [2.24, 2.45) is 0 Å². The number of fused-ring (bicyclic) bond motifs is 1. The van der Waals surface area contributed by atoms with Crippen LogP contribution in [0.4, 0.5) is 0 Å². The number of thiazole rings is 1. The van der Waals surface area contributed by atoms with Gasteiger partial charge in [-0.1, -0.05) is 18.2 Å². The number of thiophene rings is 1. The monoisotopic (exact) mass is 387 g/mol. The van der Waals surface area contributed by atoms with Crippen LogP contribution in [0.2, 0.25) is 0 Å². The standard InChI is InChI=1S/C17H13N3O2S3/c21-25(22,19-10-13-5-3-4-8-18-13)16-9-12(11-23-16)17-20-14-6-1-2-7-15(14)24-17/h1-9,11,19H,10H2. The van der Waals surface area contributed by atoms with Gasteiger partial charge in [-0.3, -0.25) is 4.98 Å². The minimum absolute atomic E-state index is 0.164. The second-order valence-electron chi connectivity index (χ2n) is 5.29. The SMILES string of the molecule is O=S(=O)(NCc1ccccn1)c1cc(-c2nc3ccccc3s2)cs1. The molecule has 4 aromatic rings. The van der Waals surface area contributed by atoms with Crippen LogP contribution in [0.3, 0.4) is 0 Å². The van der Waals surface area contributed by atoms with Crippen LogP contribution >= 0.6 is 22.7 Å². The zero-order chi connectivity index (χ0) is 17.3. The first-order chi connectivity index (χ1) is 12.1. The maximum Gasteiger partial charge on any atom is 0.250 e. The summed E-state index contributed by atoms with van der Waals surface area (Å²) in [5, 5.41) is 2.65. The van der Waals surface area contributed by atoms with Crippen LogP contribution in [0.25, 0.3) is 20.8 Å². The van der Waals surface area contributed by atoms with Crippen LogP contribution in [-0.2, 0) is 16.6 Å². The lowest BCUT2D eigenvalue weighted by molar-refractivity contribution is 0.582. The molecule has 1 N–H and O–H groups in total. The predicted molar refractivity (Wildman–Crippen MR) is 101 cm³/mol. The number of nitrogens with zero attached hydrogens (tertiary/aromatic N) is 2. The summed E-state index contributed by atoms with van der Waals surface area (Å²) in [4.78, 5) is 8.69. The third kappa shape index (κ3) is 3.47. The largest absolute Gasteiger partial charge is 0.260 e. The summed E-state index contributed by atoms with van der Waals surface area (Å²) in [6, 6.07) is 14.9. The normalized spacial score (nSPS) is 11.8. The molecule has 3 aromatic heterocycles. The molecule has 0 aliphatic heterocycles. The third-order valence-corrected chi connectivity index (χ3v) is 7.48. The molecule has 3 heterocycles. The second kappa shape index (κ2) is 6.64. The Bertz CT molecular complexity index is 1090. The van der Waals surface area contributed by atoms with Crippen molar-refractivity contribution in [1.82, 2.24) is 14.7 Å². The fourth-order valence-corrected chi connectivity index (χ4v) is 5.54. The molecule has 0 amide bonds. The smallest absolute Gasteiger partial charge is 0.250 e. The molecule has 0 saturated heterocycles. The minimum atomic E-state index is -3.57. The Morgan fingerprint density at radius 3 is 2.72 bits per heavy atom. The number of sulfonamides is 1. The van der Waals surface area contributed by atoms with Gasteiger partial charge >= 0.3 is 0 Å². The van der Waals surface area contributed by atoms with Gasteiger partial charge in [-0.15, -0.1) is 22.7 Å². The van der Waals surface area contributed by atoms with E-state index in [0.717, 1.165) is 20.8 Å². The van der Waals surface area contributed by atoms with Gasteiger partial charge in [0.25, 0.3) is 0 Å². The number of aromatic nitrogens is 2. The van der Waals surface area contributed by atoms with Crippen molar-refractivity contribution in [3.05, 3.63) is 65.8 Å². The van der Waals surface area contributed by atoms with Gasteiger partial charge in [0.2, 0.25) is 10.0 Å². The van der Waals surface area contributed by atoms with Crippen molar-refractivity contribution in [2.75, 3.05) is 0 Å². The zero-order valence-electron chi connectivity index (χ0n) is 12.9. The van der Waals surface area contributed by atoms with Gasteiger partial charge in [-0.2, -0.15) is 0 Å². The molecule has 4 rings (SSSR count). The van der Waals surface area contributed by atoms with E-state index in [1.165, 1.54) is 11.3 Å². The number of pyridine rings is 1. The van der Waals surface area contributed by atoms with Crippen LogP contribution < -0.4 is 4.72 Å². The van der Waals surface area contributed by atoms with E-state index in [0.29, 0.717) is 5.69 Å². The van der Waals surface area contributed by atoms with E-state index in [1.807, 2.05) is 35.7 Å². The molecule has 0 aliphatic carbocycles. The zero-order valence-corrected chi connectivity index (χ0v) is 15.4. The van der Waals surface area contributed by atoms with E-state index in [2.05, 4.69) is 14.7 Å². The number of nitrogens with one attached hydrogen (secondary N) is 1. The van der Waals surface area contributed by atoms with E-state index >= 15 is 0 Å². The van der Waals surface area contributed by atoms with Crippen molar-refractivity contribution in [2.45, 2.75) is 10.8 Å². The summed E-state index contributed by atoms with van der Waals surface area (Å²) in [6.07, 6.45) is 1.64. The number of hydrogen-bond acceptors (Lipinski definition) is 6. The summed E-state index contributed by atoms with van der Waals surface area (Å²) >= 11 is 2.75. The highest BCUT2D eigenvalue weighted by molar-refractivity contribution is 7.91. The van der Waals surface area contributed by atoms with Gasteiger partial charge in [0.15, 0.2) is 0 Å². The fourth-order valence-electron chi connectivity index (χ4n) is 2.31. The molecule has 0 saturated carbocycles. The summed E-state index contributed by atoms with van der Waals surface area (Å²) in [5.74, 6) is 0. The molecular formula is C17H13N3O2S3. The van der Waals surface area contributed by atoms with Gasteiger partial charge in [0.1, 0.15) is 9.22 Å². The molecule has 126 valence electrons. The predicted octanol–water partition coefficient (Wildman–Crippen LogP) is 3.90. The molecule has 25 heavy (non-hydrogen) atoms. The van der Waals surface area contributed by atoms with Gasteiger partial charge in [-0.05, 0) is 30.3 Å². The Kier molecular flexibility index (Phi) is 4.34. The highest BCUT2D eigenvalue weighted by atomic mass is 32.2. The van der Waals surface area contributed by atoms with Crippen LogP contribution in [-0.4, -0.2) is 18.4 Å². The van der Waals surface area contributed by atoms with E-state index in [1.54, 1.807) is 35.7 Å². The van der Waals surface area contributed by atoms with E-state index in [9.17, 15) is 8.42 Å². The lowest BCUT2D eigenvalue weighted by atomic mass is 10.3. The Balaban J connectivity index is 1.57. The van der Waals surface area contributed by atoms with Gasteiger partial charge < -0.3 is 0 Å². The molecule has 8 heteroatoms. The number of rotatable bonds is 5. The fraction of sp³-hybridized carbons (Fsp3) is 0.0588. The Morgan fingerprint density at radius 2 is 1.92 bits per heavy atom. The number of hydrogen-bond donors (Lipinski definition) is 1. The first-order valence-electron chi connectivity index (χ1n) is 7.46. The molecule has 0 atom stereocenters. The molecule has 5 nitrogen and oxygen atoms in total. The van der Waals surface area contributed by atoms with Crippen molar-refractivity contribution >= 4 is 42.9 Å². The Hall–Kier alpha value is -2.13. The average molecular weight is 388 g/mol. The van der Waals surface area contributed by atoms with Gasteiger partial charge in [0.05, 0.1) is 22.5 Å². The van der Waals surface area contributed by atoms with Crippen molar-refractivity contribution < 1.29 is 8.42 Å². The second-order valence-corrected chi connectivity index (χ2v) is 9.22. The first kappa shape index (κ1) is 16.3. The summed E-state index contributed by atoms with van der Waals surface area (Å²) in [6.45, 7) is 0.164. The highest BCUT2D eigenvalue weighted by Crippen LogP contribution is 2.34. The summed E-state index contributed by atoms with van der Waals surface area (Å²) < 4.78 is 28.9. The quantitative estimate of drug-likeness (QED) is 0.564. The van der Waals surface area contributed by atoms with E-state index in [4.69, 9.17) is 0 Å². The van der Waals surface area contributed by atoms with Gasteiger partial charge in [-0.25, -0.2) is 18.1 Å². The average Bonchev–Trinajstić information content (AvgIpc) is 3.28. The molecule has 0 bridgehead atoms. The van der Waals surface area contributed by atoms with Crippen LogP contribution in [0, 0.1) is 0 Å². The third-order valence-electron chi connectivity index (χ3n) is 3.55. The van der Waals surface area contributed by atoms with E-state index in [-0.39, 0.29) is 10.8 Å². The van der Waals surface area contributed by atoms with Gasteiger partial charge in [0, 0.05) is 17.1 Å². The number of benzene rings is 1. The Morgan fingerprint density at radius 1 is 1.08 bits per heavy atom. The van der Waals surface area contributed by atoms with Crippen molar-refractivity contribution in [3.63, 3.8) is 0 Å². The Labute approximate surface area is 153 Å². The maximum absolute atomic E-state index is 12.5. The lowest BCUT2D eigenvalue weighted by Gasteiger charge is -2.03. The van der Waals surface area contributed by atoms with Crippen LogP contribution in [0.5, 0.6) is 0 Å². The maximum atomic E-state index is 12.5. The lowest BCUT2D eigenvalue weighted by Crippen LogP contribution is -2.22. The molecule has 1 aromatic carbocycles. The highest BCUT2D eigenvalue weighted by Gasteiger charge is 2.18. The van der Waals surface area contributed by atoms with Crippen LogP contribution in [0.15, 0.2) is 64.3 Å². The van der Waals surface area contributed by atoms with Crippen molar-refractivity contribution in [1.29, 1.82) is 0 Å². The van der Waals surface area contributed by atoms with E-state index < -0.39 is 10.0 Å². The van der Waals surface area contributed by atoms with Crippen LogP contribution in [0.1, 0.15) is 5.69 Å². The first-order valence-corrected chi connectivity index (χ1v) is 10.6. The number of para-hydroxylation sites is 1. The summed E-state index contributed by atoms with van der Waals surface area (Å²) in [5.41, 5.74) is 2.42. The molecule has 0 unspecified atom stereocenters. The molecule has 0 radical (unpaired) electrons.